The van der Waals surface area contributed by atoms with Crippen LogP contribution in [-0.2, 0) is 26.0 Å². The number of rotatable bonds is 9. The third kappa shape index (κ3) is 6.67. The number of amides is 2. The van der Waals surface area contributed by atoms with Crippen molar-refractivity contribution in [3.63, 3.8) is 0 Å². The molecule has 0 saturated carbocycles. The summed E-state index contributed by atoms with van der Waals surface area (Å²) in [5, 5.41) is 6.95. The molecule has 11 nitrogen and oxygen atoms in total. The van der Waals surface area contributed by atoms with Crippen molar-refractivity contribution in [3.8, 4) is 11.6 Å². The number of aromatic nitrogens is 2. The standard InChI is InChI=1S/C30H31N5O6S/c1-40-29(36)26(19-21-9-11-23(12-10-21)41-28-24-14-15-31-20-22(24)13-16-32-28)34-30(37)33-25-7-3-4-8-27(25)42(38,39)35-17-5-2-6-18-35/h3-4,7-16,20,26H,2,5-6,17-19H2,1H3,(H2,33,34,37)/t26-/m0/s1. The first-order valence-electron chi connectivity index (χ1n) is 13.6. The summed E-state index contributed by atoms with van der Waals surface area (Å²) in [6.07, 6.45) is 7.75. The summed E-state index contributed by atoms with van der Waals surface area (Å²) in [7, 11) is -2.56. The minimum Gasteiger partial charge on any atom is -0.467 e. The van der Waals surface area contributed by atoms with Crippen molar-refractivity contribution in [1.82, 2.24) is 19.6 Å². The normalized spacial score (nSPS) is 14.6. The summed E-state index contributed by atoms with van der Waals surface area (Å²) < 4.78 is 38.9. The maximum Gasteiger partial charge on any atom is 0.328 e. The summed E-state index contributed by atoms with van der Waals surface area (Å²) in [5.74, 6) is 0.340. The van der Waals surface area contributed by atoms with Gasteiger partial charge in [-0.2, -0.15) is 4.31 Å². The molecule has 2 N–H and O–H groups in total. The fraction of sp³-hybridized carbons (Fsp3) is 0.267. The Morgan fingerprint density at radius 1 is 0.976 bits per heavy atom. The highest BCUT2D eigenvalue weighted by atomic mass is 32.2. The lowest BCUT2D eigenvalue weighted by molar-refractivity contribution is -0.142. The highest BCUT2D eigenvalue weighted by molar-refractivity contribution is 7.89. The highest BCUT2D eigenvalue weighted by Gasteiger charge is 2.29. The molecule has 2 aromatic heterocycles. The molecular weight excluding hydrogens is 558 g/mol. The van der Waals surface area contributed by atoms with Crippen LogP contribution in [0.3, 0.4) is 0 Å². The number of piperidine rings is 1. The van der Waals surface area contributed by atoms with E-state index in [1.54, 1.807) is 55.0 Å². The Bertz CT molecular complexity index is 1670. The van der Waals surface area contributed by atoms with Crippen molar-refractivity contribution >= 4 is 38.5 Å². The molecule has 12 heteroatoms. The number of methoxy groups -OCH3 is 1. The van der Waals surface area contributed by atoms with E-state index in [0.717, 1.165) is 35.6 Å². The Labute approximate surface area is 243 Å². The number of hydrogen-bond donors (Lipinski definition) is 2. The molecule has 4 aromatic rings. The van der Waals surface area contributed by atoms with E-state index in [-0.39, 0.29) is 17.0 Å². The third-order valence-electron chi connectivity index (χ3n) is 6.97. The Hall–Kier alpha value is -4.55. The summed E-state index contributed by atoms with van der Waals surface area (Å²) in [5.41, 5.74) is 0.865. The van der Waals surface area contributed by atoms with Crippen LogP contribution in [0.1, 0.15) is 24.8 Å². The van der Waals surface area contributed by atoms with Gasteiger partial charge in [-0.3, -0.25) is 4.98 Å². The number of nitrogens with one attached hydrogen (secondary N) is 2. The predicted molar refractivity (Wildman–Crippen MR) is 157 cm³/mol. The fourth-order valence-corrected chi connectivity index (χ4v) is 6.47. The zero-order valence-corrected chi connectivity index (χ0v) is 23.8. The molecule has 0 unspecified atom stereocenters. The van der Waals surface area contributed by atoms with Gasteiger partial charge < -0.3 is 20.1 Å². The van der Waals surface area contributed by atoms with Crippen molar-refractivity contribution in [2.45, 2.75) is 36.6 Å². The number of anilines is 1. The van der Waals surface area contributed by atoms with Gasteiger partial charge in [0.2, 0.25) is 15.9 Å². The summed E-state index contributed by atoms with van der Waals surface area (Å²) >= 11 is 0. The number of para-hydroxylation sites is 1. The number of benzene rings is 2. The van der Waals surface area contributed by atoms with Crippen LogP contribution in [0, 0.1) is 0 Å². The number of urea groups is 1. The zero-order valence-electron chi connectivity index (χ0n) is 23.0. The van der Waals surface area contributed by atoms with Crippen LogP contribution in [0.5, 0.6) is 11.6 Å². The minimum atomic E-state index is -3.80. The van der Waals surface area contributed by atoms with Crippen molar-refractivity contribution in [1.29, 1.82) is 0 Å². The van der Waals surface area contributed by atoms with E-state index < -0.39 is 28.1 Å². The summed E-state index contributed by atoms with van der Waals surface area (Å²) in [4.78, 5) is 34.0. The Kier molecular flexibility index (Phi) is 8.94. The molecule has 3 heterocycles. The molecule has 0 spiro atoms. The van der Waals surface area contributed by atoms with Gasteiger partial charge in [0, 0.05) is 48.9 Å². The number of hydrogen-bond acceptors (Lipinski definition) is 8. The van der Waals surface area contributed by atoms with Crippen LogP contribution in [-0.4, -0.2) is 60.9 Å². The van der Waals surface area contributed by atoms with Gasteiger partial charge >= 0.3 is 12.0 Å². The van der Waals surface area contributed by atoms with E-state index in [9.17, 15) is 18.0 Å². The van der Waals surface area contributed by atoms with Crippen molar-refractivity contribution in [3.05, 3.63) is 84.8 Å². The van der Waals surface area contributed by atoms with Crippen molar-refractivity contribution in [2.24, 2.45) is 0 Å². The lowest BCUT2D eigenvalue weighted by Gasteiger charge is -2.27. The van der Waals surface area contributed by atoms with Gasteiger partial charge in [0.1, 0.15) is 16.7 Å². The number of carbonyl (C=O) groups is 2. The minimum absolute atomic E-state index is 0.00389. The van der Waals surface area contributed by atoms with E-state index in [1.807, 2.05) is 12.1 Å². The molecule has 2 aromatic carbocycles. The highest BCUT2D eigenvalue weighted by Crippen LogP contribution is 2.28. The van der Waals surface area contributed by atoms with Crippen LogP contribution in [0.15, 0.2) is 84.1 Å². The first-order valence-corrected chi connectivity index (χ1v) is 15.0. The van der Waals surface area contributed by atoms with Crippen LogP contribution in [0.2, 0.25) is 0 Å². The van der Waals surface area contributed by atoms with Crippen LogP contribution >= 0.6 is 0 Å². The van der Waals surface area contributed by atoms with Gasteiger partial charge in [0.25, 0.3) is 0 Å². The number of nitrogens with zero attached hydrogens (tertiary/aromatic N) is 3. The van der Waals surface area contributed by atoms with Crippen LogP contribution in [0.4, 0.5) is 10.5 Å². The first-order chi connectivity index (χ1) is 20.3. The number of pyridine rings is 2. The van der Waals surface area contributed by atoms with Gasteiger partial charge in [-0.15, -0.1) is 0 Å². The average Bonchev–Trinajstić information content (AvgIpc) is 3.02. The van der Waals surface area contributed by atoms with Gasteiger partial charge in [-0.25, -0.2) is 23.0 Å². The van der Waals surface area contributed by atoms with Crippen molar-refractivity contribution in [2.75, 3.05) is 25.5 Å². The largest absolute Gasteiger partial charge is 0.467 e. The molecular formula is C30H31N5O6S. The second kappa shape index (κ2) is 13.0. The molecule has 2 amide bonds. The molecule has 1 fully saturated rings. The second-order valence-corrected chi connectivity index (χ2v) is 11.7. The number of esters is 1. The molecule has 1 aliphatic heterocycles. The van der Waals surface area contributed by atoms with E-state index in [0.29, 0.717) is 24.7 Å². The number of sulfonamides is 1. The SMILES string of the molecule is COC(=O)[C@H](Cc1ccc(Oc2nccc3cnccc23)cc1)NC(=O)Nc1ccccc1S(=O)(=O)N1CCCCC1. The van der Waals surface area contributed by atoms with E-state index in [1.165, 1.54) is 23.5 Å². The fourth-order valence-electron chi connectivity index (χ4n) is 4.80. The lowest BCUT2D eigenvalue weighted by atomic mass is 10.1. The number of fused-ring (bicyclic) bond motifs is 1. The smallest absolute Gasteiger partial charge is 0.328 e. The van der Waals surface area contributed by atoms with E-state index in [4.69, 9.17) is 9.47 Å². The maximum atomic E-state index is 13.3. The number of carbonyl (C=O) groups excluding carboxylic acids is 2. The topological polar surface area (TPSA) is 140 Å². The Morgan fingerprint density at radius 3 is 2.50 bits per heavy atom. The van der Waals surface area contributed by atoms with E-state index in [2.05, 4.69) is 20.6 Å². The summed E-state index contributed by atoms with van der Waals surface area (Å²) in [6, 6.07) is 15.2. The molecule has 0 aliphatic carbocycles. The molecule has 0 bridgehead atoms. The number of ether oxygens (including phenoxy) is 2. The quantitative estimate of drug-likeness (QED) is 0.272. The monoisotopic (exact) mass is 589 g/mol. The van der Waals surface area contributed by atoms with Crippen molar-refractivity contribution < 1.29 is 27.5 Å². The molecule has 1 atom stereocenters. The molecule has 0 radical (unpaired) electrons. The van der Waals surface area contributed by atoms with Gasteiger partial charge in [0.15, 0.2) is 0 Å². The first kappa shape index (κ1) is 29.0. The average molecular weight is 590 g/mol. The molecule has 1 saturated heterocycles. The molecule has 1 aliphatic rings. The van der Waals surface area contributed by atoms with Gasteiger partial charge in [0.05, 0.1) is 12.8 Å². The Morgan fingerprint density at radius 2 is 1.74 bits per heavy atom. The Balaban J connectivity index is 1.26. The van der Waals surface area contributed by atoms with E-state index >= 15 is 0 Å². The molecule has 42 heavy (non-hydrogen) atoms. The van der Waals surface area contributed by atoms with Crippen LogP contribution < -0.4 is 15.4 Å². The molecule has 218 valence electrons. The second-order valence-electron chi connectivity index (χ2n) is 9.80. The predicted octanol–water partition coefficient (Wildman–Crippen LogP) is 4.50. The molecule has 5 rings (SSSR count). The maximum absolute atomic E-state index is 13.3. The van der Waals surface area contributed by atoms with Gasteiger partial charge in [-0.05, 0) is 54.8 Å². The van der Waals surface area contributed by atoms with Crippen LogP contribution in [0.25, 0.3) is 10.8 Å². The summed E-state index contributed by atoms with van der Waals surface area (Å²) in [6.45, 7) is 0.875. The third-order valence-corrected chi connectivity index (χ3v) is 8.92. The van der Waals surface area contributed by atoms with Gasteiger partial charge in [-0.1, -0.05) is 30.7 Å². The zero-order chi connectivity index (χ0) is 29.5. The lowest BCUT2D eigenvalue weighted by Crippen LogP contribution is -2.45.